The van der Waals surface area contributed by atoms with Crippen LogP contribution >= 0.6 is 0 Å². The molecule has 0 aromatic heterocycles. The Morgan fingerprint density at radius 1 is 1.22 bits per heavy atom. The number of aliphatic hydroxyl groups is 5. The van der Waals surface area contributed by atoms with Crippen molar-refractivity contribution in [2.75, 3.05) is 6.61 Å². The molecule has 0 saturated heterocycles. The summed E-state index contributed by atoms with van der Waals surface area (Å²) in [4.78, 5) is 12.2. The monoisotopic (exact) mass is 448 g/mol. The maximum absolute atomic E-state index is 12.2. The molecule has 9 atom stereocenters. The number of fused-ring (bicyclic) bond motifs is 3. The average molecular weight is 449 g/mol. The molecule has 4 aliphatic rings. The van der Waals surface area contributed by atoms with Crippen LogP contribution in [0.25, 0.3) is 0 Å². The molecule has 7 heteroatoms. The molecular weight excluding hydrogens is 412 g/mol. The van der Waals surface area contributed by atoms with Crippen molar-refractivity contribution in [2.24, 2.45) is 28.6 Å². The lowest BCUT2D eigenvalue weighted by Gasteiger charge is -2.51. The summed E-state index contributed by atoms with van der Waals surface area (Å²) in [6, 6.07) is 0. The van der Waals surface area contributed by atoms with Crippen molar-refractivity contribution >= 4 is 5.97 Å². The van der Waals surface area contributed by atoms with E-state index in [4.69, 9.17) is 4.74 Å². The van der Waals surface area contributed by atoms with Gasteiger partial charge in [0.15, 0.2) is 0 Å². The van der Waals surface area contributed by atoms with Crippen molar-refractivity contribution in [3.63, 3.8) is 0 Å². The second-order valence-corrected chi connectivity index (χ2v) is 11.0. The highest BCUT2D eigenvalue weighted by atomic mass is 16.5. The van der Waals surface area contributed by atoms with Gasteiger partial charge in [0.25, 0.3) is 0 Å². The van der Waals surface area contributed by atoms with E-state index in [1.807, 2.05) is 20.8 Å². The summed E-state index contributed by atoms with van der Waals surface area (Å²) in [6.07, 6.45) is 1.15. The number of allylic oxidation sites excluding steroid dienone is 1. The van der Waals surface area contributed by atoms with Crippen LogP contribution in [0.5, 0.6) is 0 Å². The first-order valence-electron chi connectivity index (χ1n) is 11.4. The quantitative estimate of drug-likeness (QED) is 0.250. The fourth-order valence-electron chi connectivity index (χ4n) is 7.21. The third-order valence-electron chi connectivity index (χ3n) is 9.30. The first kappa shape index (κ1) is 23.6. The standard InChI is InChI=1S/C25H36O7/c1-7-12(2)21(29)32-11-15-8-16-17-22(5,6)24(17,30)10-14(4)23(20(16)28)9-13(3)18(26)25(23,31)19(15)27/h7-9,14,16-20,26-28,30-31H,10-11H2,1-6H3/b12-7-/t14-,16+,17-,18+,19-,20?,23+,24+,25-/m1/s1. The Kier molecular flexibility index (Phi) is 5.17. The van der Waals surface area contributed by atoms with Crippen molar-refractivity contribution in [1.82, 2.24) is 0 Å². The van der Waals surface area contributed by atoms with Gasteiger partial charge >= 0.3 is 5.97 Å². The van der Waals surface area contributed by atoms with Crippen molar-refractivity contribution < 1.29 is 35.1 Å². The highest BCUT2D eigenvalue weighted by molar-refractivity contribution is 5.87. The van der Waals surface area contributed by atoms with Gasteiger partial charge in [-0.15, -0.1) is 0 Å². The number of hydrogen-bond donors (Lipinski definition) is 5. The number of rotatable bonds is 3. The number of aliphatic hydroxyl groups excluding tert-OH is 3. The van der Waals surface area contributed by atoms with Crippen molar-refractivity contribution in [2.45, 2.75) is 77.5 Å². The summed E-state index contributed by atoms with van der Waals surface area (Å²) >= 11 is 0. The van der Waals surface area contributed by atoms with Crippen LogP contribution in [0.3, 0.4) is 0 Å². The normalized spacial score (nSPS) is 49.2. The summed E-state index contributed by atoms with van der Waals surface area (Å²) < 4.78 is 5.39. The topological polar surface area (TPSA) is 127 Å². The molecule has 5 N–H and O–H groups in total. The van der Waals surface area contributed by atoms with E-state index >= 15 is 0 Å². The van der Waals surface area contributed by atoms with Gasteiger partial charge in [-0.1, -0.05) is 39.0 Å². The van der Waals surface area contributed by atoms with E-state index < -0.39 is 58.1 Å². The van der Waals surface area contributed by atoms with Gasteiger partial charge in [-0.3, -0.25) is 0 Å². The van der Waals surface area contributed by atoms with Crippen LogP contribution in [-0.2, 0) is 9.53 Å². The summed E-state index contributed by atoms with van der Waals surface area (Å²) in [5, 5.41) is 57.8. The highest BCUT2D eigenvalue weighted by Gasteiger charge is 2.80. The smallest absolute Gasteiger partial charge is 0.333 e. The molecule has 4 aliphatic carbocycles. The number of hydrogen-bond acceptors (Lipinski definition) is 7. The van der Waals surface area contributed by atoms with Crippen molar-refractivity contribution in [1.29, 1.82) is 0 Å². The van der Waals surface area contributed by atoms with Gasteiger partial charge in [-0.05, 0) is 44.3 Å². The highest BCUT2D eigenvalue weighted by Crippen LogP contribution is 2.74. The summed E-state index contributed by atoms with van der Waals surface area (Å²) in [6.45, 7) is 10.5. The fraction of sp³-hybridized carbons (Fsp3) is 0.720. The molecule has 178 valence electrons. The van der Waals surface area contributed by atoms with E-state index in [9.17, 15) is 30.3 Å². The minimum Gasteiger partial charge on any atom is -0.458 e. The number of carbonyl (C=O) groups is 1. The van der Waals surface area contributed by atoms with Crippen molar-refractivity contribution in [3.05, 3.63) is 34.9 Å². The Balaban J connectivity index is 1.86. The zero-order valence-corrected chi connectivity index (χ0v) is 19.7. The minimum atomic E-state index is -2.13. The molecule has 1 spiro atoms. The van der Waals surface area contributed by atoms with Gasteiger partial charge < -0.3 is 30.3 Å². The largest absolute Gasteiger partial charge is 0.458 e. The second-order valence-electron chi connectivity index (χ2n) is 11.0. The first-order valence-corrected chi connectivity index (χ1v) is 11.4. The van der Waals surface area contributed by atoms with Gasteiger partial charge in [0.05, 0.1) is 17.1 Å². The van der Waals surface area contributed by atoms with Gasteiger partial charge in [0.1, 0.15) is 24.4 Å². The van der Waals surface area contributed by atoms with Gasteiger partial charge in [-0.25, -0.2) is 4.79 Å². The Bertz CT molecular complexity index is 933. The molecular formula is C25H36O7. The van der Waals surface area contributed by atoms with Crippen molar-refractivity contribution in [3.8, 4) is 0 Å². The molecule has 0 amide bonds. The van der Waals surface area contributed by atoms with Gasteiger partial charge in [0, 0.05) is 22.8 Å². The number of carbonyl (C=O) groups excluding carboxylic acids is 1. The van der Waals surface area contributed by atoms with E-state index in [0.29, 0.717) is 17.6 Å². The van der Waals surface area contributed by atoms with Gasteiger partial charge in [-0.2, -0.15) is 0 Å². The predicted octanol–water partition coefficient (Wildman–Crippen LogP) is 1.24. The zero-order chi connectivity index (χ0) is 24.0. The first-order chi connectivity index (χ1) is 14.7. The SMILES string of the molecule is C/C=C(/C)C(=O)OCC1=C[C@@H]2C(O)[C@]3(C=C(C)[C@H](O)[C@@]3(O)[C@@H]1O)[C@H](C)C[C@]1(O)[C@H]2C1(C)C. The second kappa shape index (κ2) is 7.00. The molecule has 1 unspecified atom stereocenters. The molecule has 0 aromatic rings. The summed E-state index contributed by atoms with van der Waals surface area (Å²) in [5.74, 6) is -1.90. The van der Waals surface area contributed by atoms with E-state index in [1.54, 1.807) is 39.0 Å². The maximum Gasteiger partial charge on any atom is 0.333 e. The summed E-state index contributed by atoms with van der Waals surface area (Å²) in [7, 11) is 0. The molecule has 0 radical (unpaired) electrons. The average Bonchev–Trinajstić information content (AvgIpc) is 3.11. The molecule has 0 heterocycles. The third-order valence-corrected chi connectivity index (χ3v) is 9.30. The zero-order valence-electron chi connectivity index (χ0n) is 19.7. The maximum atomic E-state index is 12.2. The van der Waals surface area contributed by atoms with E-state index in [-0.39, 0.29) is 18.1 Å². The molecule has 0 aromatic carbocycles. The molecule has 2 fully saturated rings. The molecule has 32 heavy (non-hydrogen) atoms. The van der Waals surface area contributed by atoms with Crippen LogP contribution in [0, 0.1) is 28.6 Å². The molecule has 4 rings (SSSR count). The van der Waals surface area contributed by atoms with E-state index in [1.165, 1.54) is 0 Å². The molecule has 0 aliphatic heterocycles. The predicted molar refractivity (Wildman–Crippen MR) is 117 cm³/mol. The van der Waals surface area contributed by atoms with E-state index in [2.05, 4.69) is 0 Å². The Labute approximate surface area is 189 Å². The lowest BCUT2D eigenvalue weighted by Crippen LogP contribution is -2.66. The molecule has 7 nitrogen and oxygen atoms in total. The van der Waals surface area contributed by atoms with Crippen LogP contribution in [0.1, 0.15) is 48.0 Å². The third kappa shape index (κ3) is 2.57. The van der Waals surface area contributed by atoms with Gasteiger partial charge in [0.2, 0.25) is 0 Å². The van der Waals surface area contributed by atoms with Crippen LogP contribution in [0.4, 0.5) is 0 Å². The Morgan fingerprint density at radius 3 is 2.44 bits per heavy atom. The number of ether oxygens (including phenoxy) is 1. The minimum absolute atomic E-state index is 0.219. The number of esters is 1. The summed E-state index contributed by atoms with van der Waals surface area (Å²) in [5.41, 5.74) is -3.95. The van der Waals surface area contributed by atoms with Crippen LogP contribution in [-0.4, -0.2) is 67.6 Å². The Hall–Kier alpha value is -1.51. The Morgan fingerprint density at radius 2 is 1.84 bits per heavy atom. The lowest BCUT2D eigenvalue weighted by atomic mass is 9.58. The van der Waals surface area contributed by atoms with Crippen LogP contribution in [0.15, 0.2) is 34.9 Å². The fourth-order valence-corrected chi connectivity index (χ4v) is 7.21. The van der Waals surface area contributed by atoms with Crippen LogP contribution < -0.4 is 0 Å². The lowest BCUT2D eigenvalue weighted by molar-refractivity contribution is -0.216. The molecule has 2 bridgehead atoms. The van der Waals surface area contributed by atoms with Crippen LogP contribution in [0.2, 0.25) is 0 Å². The molecule has 2 saturated carbocycles. The van der Waals surface area contributed by atoms with E-state index in [0.717, 1.165) is 0 Å².